The number of piperidine rings is 2. The maximum absolute atomic E-state index is 12.7. The largest absolute Gasteiger partial charge is 0.427 e. The monoisotopic (exact) mass is 483 g/mol. The fraction of sp³-hybridized carbons (Fsp3) is 0.545. The van der Waals surface area contributed by atoms with Crippen molar-refractivity contribution in [3.63, 3.8) is 0 Å². The van der Waals surface area contributed by atoms with Crippen LogP contribution in [0.1, 0.15) is 53.3 Å². The molecule has 176 valence electrons. The molecule has 0 radical (unpaired) electrons. The molecule has 2 fully saturated rings. The van der Waals surface area contributed by atoms with Crippen molar-refractivity contribution < 1.29 is 9.21 Å². The minimum atomic E-state index is -0.538. The molecule has 0 spiro atoms. The summed E-state index contributed by atoms with van der Waals surface area (Å²) < 4.78 is 5.55. The molecule has 10 heteroatoms. The molecule has 1 unspecified atom stereocenters. The molecular formula is C22H31Cl2N5O3. The van der Waals surface area contributed by atoms with E-state index in [-0.39, 0.29) is 48.1 Å². The first-order valence-corrected chi connectivity index (χ1v) is 10.8. The van der Waals surface area contributed by atoms with Crippen LogP contribution in [0.2, 0.25) is 0 Å². The van der Waals surface area contributed by atoms with Crippen LogP contribution in [0.5, 0.6) is 0 Å². The fourth-order valence-corrected chi connectivity index (χ4v) is 4.41. The lowest BCUT2D eigenvalue weighted by molar-refractivity contribution is 0.0940. The van der Waals surface area contributed by atoms with E-state index in [0.717, 1.165) is 57.8 Å². The summed E-state index contributed by atoms with van der Waals surface area (Å²) in [7, 11) is 0. The number of halogens is 2. The molecule has 2 aliphatic heterocycles. The highest BCUT2D eigenvalue weighted by Crippen LogP contribution is 2.25. The second-order valence-corrected chi connectivity index (χ2v) is 8.23. The summed E-state index contributed by atoms with van der Waals surface area (Å²) in [6, 6.07) is 3.66. The summed E-state index contributed by atoms with van der Waals surface area (Å²) in [5.74, 6) is 1.59. The summed E-state index contributed by atoms with van der Waals surface area (Å²) in [6.45, 7) is 5.86. The van der Waals surface area contributed by atoms with Gasteiger partial charge in [-0.1, -0.05) is 0 Å². The topological polar surface area (TPSA) is 100 Å². The Labute approximate surface area is 200 Å². The third-order valence-electron chi connectivity index (χ3n) is 6.04. The van der Waals surface area contributed by atoms with Gasteiger partial charge < -0.3 is 20.0 Å². The normalized spacial score (nSPS) is 18.9. The van der Waals surface area contributed by atoms with Crippen LogP contribution in [-0.2, 0) is 0 Å². The Hall–Kier alpha value is -2.16. The van der Waals surface area contributed by atoms with Crippen molar-refractivity contribution in [3.8, 4) is 0 Å². The molecule has 1 amide bonds. The molecule has 2 aliphatic rings. The average molecular weight is 484 g/mol. The first kappa shape index (κ1) is 26.1. The highest BCUT2D eigenvalue weighted by Gasteiger charge is 2.25. The van der Waals surface area contributed by atoms with Crippen LogP contribution in [0.15, 0.2) is 33.7 Å². The van der Waals surface area contributed by atoms with Crippen LogP contribution >= 0.6 is 24.8 Å². The standard InChI is InChI=1S/C22H29N5O3.2ClH/c1-15-12-18(17-5-9-23-10-6-17)30-21(29)19(15)20(28)26-13-16-4-2-11-27(14-16)22-24-7-3-8-25-22;;/h3,7-8,12,16-17,23H,2,4-6,9-11,13-14H2,1H3,(H,26,28);2*1H. The molecule has 4 heterocycles. The number of carbonyl (C=O) groups excluding carboxylic acids is 1. The molecule has 0 aromatic carbocycles. The van der Waals surface area contributed by atoms with E-state index < -0.39 is 5.63 Å². The van der Waals surface area contributed by atoms with E-state index in [1.165, 1.54) is 0 Å². The molecule has 2 aromatic heterocycles. The number of nitrogens with zero attached hydrogens (tertiary/aromatic N) is 3. The van der Waals surface area contributed by atoms with E-state index >= 15 is 0 Å². The Morgan fingerprint density at radius 2 is 1.94 bits per heavy atom. The van der Waals surface area contributed by atoms with E-state index in [2.05, 4.69) is 25.5 Å². The van der Waals surface area contributed by atoms with E-state index in [9.17, 15) is 9.59 Å². The van der Waals surface area contributed by atoms with Gasteiger partial charge in [0.2, 0.25) is 5.95 Å². The lowest BCUT2D eigenvalue weighted by Crippen LogP contribution is -2.42. The van der Waals surface area contributed by atoms with Gasteiger partial charge in [0.15, 0.2) is 0 Å². The van der Waals surface area contributed by atoms with Crippen LogP contribution in [0.4, 0.5) is 5.95 Å². The highest BCUT2D eigenvalue weighted by atomic mass is 35.5. The molecule has 0 saturated carbocycles. The molecule has 1 atom stereocenters. The number of aromatic nitrogens is 2. The zero-order valence-corrected chi connectivity index (χ0v) is 19.8. The summed E-state index contributed by atoms with van der Waals surface area (Å²) in [5, 5.41) is 6.25. The van der Waals surface area contributed by atoms with Crippen molar-refractivity contribution >= 4 is 36.7 Å². The van der Waals surface area contributed by atoms with Crippen molar-refractivity contribution in [1.82, 2.24) is 20.6 Å². The van der Waals surface area contributed by atoms with E-state index in [4.69, 9.17) is 4.42 Å². The Kier molecular flexibility index (Phi) is 9.93. The molecule has 2 aromatic rings. The number of amides is 1. The minimum absolute atomic E-state index is 0. The highest BCUT2D eigenvalue weighted by molar-refractivity contribution is 5.95. The van der Waals surface area contributed by atoms with Gasteiger partial charge in [0.25, 0.3) is 5.91 Å². The number of nitrogens with one attached hydrogen (secondary N) is 2. The van der Waals surface area contributed by atoms with Gasteiger partial charge in [0, 0.05) is 37.9 Å². The van der Waals surface area contributed by atoms with Crippen molar-refractivity contribution in [3.05, 3.63) is 51.8 Å². The van der Waals surface area contributed by atoms with Crippen LogP contribution in [0.25, 0.3) is 0 Å². The number of carbonyl (C=O) groups is 1. The van der Waals surface area contributed by atoms with Crippen molar-refractivity contribution in [1.29, 1.82) is 0 Å². The minimum Gasteiger partial charge on any atom is -0.427 e. The molecule has 8 nitrogen and oxygen atoms in total. The van der Waals surface area contributed by atoms with Gasteiger partial charge in [-0.3, -0.25) is 4.79 Å². The van der Waals surface area contributed by atoms with E-state index in [1.807, 2.05) is 13.0 Å². The van der Waals surface area contributed by atoms with Gasteiger partial charge >= 0.3 is 5.63 Å². The predicted molar refractivity (Wildman–Crippen MR) is 128 cm³/mol. The molecule has 0 aliphatic carbocycles. The average Bonchev–Trinajstić information content (AvgIpc) is 2.78. The first-order valence-electron chi connectivity index (χ1n) is 10.8. The van der Waals surface area contributed by atoms with Crippen LogP contribution in [0.3, 0.4) is 0 Å². The number of hydrogen-bond donors (Lipinski definition) is 2. The van der Waals surface area contributed by atoms with Crippen molar-refractivity contribution in [2.24, 2.45) is 5.92 Å². The first-order chi connectivity index (χ1) is 14.6. The zero-order valence-electron chi connectivity index (χ0n) is 18.2. The smallest absolute Gasteiger partial charge is 0.349 e. The fourth-order valence-electron chi connectivity index (χ4n) is 4.41. The summed E-state index contributed by atoms with van der Waals surface area (Å²) in [6.07, 6.45) is 7.40. The maximum atomic E-state index is 12.7. The SMILES string of the molecule is Cc1cc(C2CCNCC2)oc(=O)c1C(=O)NCC1CCCN(c2ncccn2)C1.Cl.Cl. The molecule has 4 rings (SSSR count). The van der Waals surface area contributed by atoms with Crippen molar-refractivity contribution in [2.45, 2.75) is 38.5 Å². The third kappa shape index (κ3) is 6.21. The quantitative estimate of drug-likeness (QED) is 0.673. The zero-order chi connectivity index (χ0) is 20.9. The van der Waals surface area contributed by atoms with Crippen LogP contribution < -0.4 is 21.2 Å². The Morgan fingerprint density at radius 1 is 1.22 bits per heavy atom. The maximum Gasteiger partial charge on any atom is 0.349 e. The number of hydrogen-bond acceptors (Lipinski definition) is 7. The summed E-state index contributed by atoms with van der Waals surface area (Å²) >= 11 is 0. The Bertz CT molecular complexity index is 935. The number of anilines is 1. The third-order valence-corrected chi connectivity index (χ3v) is 6.04. The Balaban J connectivity index is 0.00000181. The molecule has 2 saturated heterocycles. The second kappa shape index (κ2) is 12.2. The van der Waals surface area contributed by atoms with Gasteiger partial charge in [-0.25, -0.2) is 14.8 Å². The number of aryl methyl sites for hydroxylation is 1. The molecule has 2 N–H and O–H groups in total. The molecule has 32 heavy (non-hydrogen) atoms. The van der Waals surface area contributed by atoms with Gasteiger partial charge in [-0.2, -0.15) is 0 Å². The van der Waals surface area contributed by atoms with E-state index in [0.29, 0.717) is 17.9 Å². The van der Waals surface area contributed by atoms with Crippen LogP contribution in [-0.4, -0.2) is 48.6 Å². The summed E-state index contributed by atoms with van der Waals surface area (Å²) in [5.41, 5.74) is 0.260. The van der Waals surface area contributed by atoms with Gasteiger partial charge in [-0.15, -0.1) is 24.8 Å². The molecular weight excluding hydrogens is 453 g/mol. The van der Waals surface area contributed by atoms with Gasteiger partial charge in [0.05, 0.1) is 0 Å². The predicted octanol–water partition coefficient (Wildman–Crippen LogP) is 2.70. The lowest BCUT2D eigenvalue weighted by Gasteiger charge is -2.32. The Morgan fingerprint density at radius 3 is 2.62 bits per heavy atom. The lowest BCUT2D eigenvalue weighted by atomic mass is 9.94. The second-order valence-electron chi connectivity index (χ2n) is 8.23. The van der Waals surface area contributed by atoms with Crippen LogP contribution in [0, 0.1) is 12.8 Å². The van der Waals surface area contributed by atoms with E-state index in [1.54, 1.807) is 18.5 Å². The van der Waals surface area contributed by atoms with Gasteiger partial charge in [0.1, 0.15) is 11.3 Å². The van der Waals surface area contributed by atoms with Crippen molar-refractivity contribution in [2.75, 3.05) is 37.6 Å². The summed E-state index contributed by atoms with van der Waals surface area (Å²) in [4.78, 5) is 36.1. The van der Waals surface area contributed by atoms with Gasteiger partial charge in [-0.05, 0) is 69.3 Å². The number of rotatable bonds is 5. The molecule has 0 bridgehead atoms.